The third-order valence-corrected chi connectivity index (χ3v) is 3.28. The van der Waals surface area contributed by atoms with E-state index in [1.54, 1.807) is 18.2 Å². The lowest BCUT2D eigenvalue weighted by Crippen LogP contribution is -2.14. The Bertz CT molecular complexity index is 727. The fraction of sp³-hybridized carbons (Fsp3) is 0.250. The van der Waals surface area contributed by atoms with Crippen molar-refractivity contribution < 1.29 is 17.9 Å². The van der Waals surface area contributed by atoms with Crippen molar-refractivity contribution in [1.82, 2.24) is 4.98 Å². The smallest absolute Gasteiger partial charge is 0.375 e. The van der Waals surface area contributed by atoms with Crippen molar-refractivity contribution >= 4 is 17.4 Å². The van der Waals surface area contributed by atoms with Gasteiger partial charge in [-0.2, -0.15) is 18.4 Å². The largest absolute Gasteiger partial charge is 0.433 e. The zero-order chi connectivity index (χ0) is 17.6. The zero-order valence-electron chi connectivity index (χ0n) is 12.4. The minimum atomic E-state index is -4.56. The predicted octanol–water partition coefficient (Wildman–Crippen LogP) is 4.25. The van der Waals surface area contributed by atoms with Crippen LogP contribution in [0.15, 0.2) is 36.4 Å². The third kappa shape index (κ3) is 5.11. The van der Waals surface area contributed by atoms with Crippen molar-refractivity contribution in [2.75, 3.05) is 18.5 Å². The summed E-state index contributed by atoms with van der Waals surface area (Å²) in [7, 11) is 0. The number of pyridine rings is 1. The van der Waals surface area contributed by atoms with E-state index in [2.05, 4.69) is 10.3 Å². The monoisotopic (exact) mass is 355 g/mol. The molecule has 24 heavy (non-hydrogen) atoms. The molecule has 2 aromatic rings. The summed E-state index contributed by atoms with van der Waals surface area (Å²) in [5.74, 6) is -0.109. The number of benzene rings is 1. The summed E-state index contributed by atoms with van der Waals surface area (Å²) in [6.07, 6.45) is -4.56. The lowest BCUT2D eigenvalue weighted by molar-refractivity contribution is -0.141. The number of anilines is 1. The summed E-state index contributed by atoms with van der Waals surface area (Å²) in [5.41, 5.74) is -0.0823. The number of nitrogens with one attached hydrogen (secondary N) is 1. The molecular weight excluding hydrogens is 343 g/mol. The van der Waals surface area contributed by atoms with Crippen molar-refractivity contribution in [3.63, 3.8) is 0 Å². The molecule has 1 aromatic carbocycles. The maximum atomic E-state index is 12.7. The summed E-state index contributed by atoms with van der Waals surface area (Å²) in [6.45, 7) is 0.808. The molecule has 0 aliphatic rings. The van der Waals surface area contributed by atoms with E-state index in [4.69, 9.17) is 21.6 Å². The number of alkyl halides is 3. The van der Waals surface area contributed by atoms with Gasteiger partial charge >= 0.3 is 6.18 Å². The van der Waals surface area contributed by atoms with Crippen molar-refractivity contribution in [1.29, 1.82) is 5.26 Å². The van der Waals surface area contributed by atoms with E-state index in [-0.39, 0.29) is 24.5 Å². The summed E-state index contributed by atoms with van der Waals surface area (Å²) >= 11 is 5.77. The Labute approximate surface area is 141 Å². The average Bonchev–Trinajstić information content (AvgIpc) is 2.55. The molecule has 0 saturated heterocycles. The van der Waals surface area contributed by atoms with Crippen LogP contribution in [-0.2, 0) is 17.5 Å². The lowest BCUT2D eigenvalue weighted by Gasteiger charge is -2.11. The molecule has 1 N–H and O–H groups in total. The van der Waals surface area contributed by atoms with Gasteiger partial charge in [0.05, 0.1) is 18.8 Å². The number of nitrogens with zero attached hydrogens (tertiary/aromatic N) is 2. The van der Waals surface area contributed by atoms with Gasteiger partial charge in [0.2, 0.25) is 0 Å². The van der Waals surface area contributed by atoms with Gasteiger partial charge in [-0.3, -0.25) is 0 Å². The molecule has 2 rings (SSSR count). The van der Waals surface area contributed by atoms with Gasteiger partial charge in [-0.1, -0.05) is 23.7 Å². The molecule has 0 atom stereocenters. The van der Waals surface area contributed by atoms with E-state index in [0.717, 1.165) is 17.7 Å². The topological polar surface area (TPSA) is 57.9 Å². The second-order valence-corrected chi connectivity index (χ2v) is 5.24. The normalized spacial score (nSPS) is 11.1. The molecule has 126 valence electrons. The highest BCUT2D eigenvalue weighted by Crippen LogP contribution is 2.29. The van der Waals surface area contributed by atoms with E-state index in [9.17, 15) is 13.2 Å². The highest BCUT2D eigenvalue weighted by atomic mass is 35.5. The first-order chi connectivity index (χ1) is 11.4. The SMILES string of the molecule is N#Cc1ccc(C(F)(F)F)nc1NCCOCc1ccc(Cl)cc1. The zero-order valence-corrected chi connectivity index (χ0v) is 13.2. The van der Waals surface area contributed by atoms with Gasteiger partial charge < -0.3 is 10.1 Å². The Hall–Kier alpha value is -2.30. The van der Waals surface area contributed by atoms with Crippen LogP contribution in [0, 0.1) is 11.3 Å². The third-order valence-electron chi connectivity index (χ3n) is 3.03. The van der Waals surface area contributed by atoms with E-state index in [0.29, 0.717) is 11.6 Å². The Morgan fingerprint density at radius 1 is 1.17 bits per heavy atom. The highest BCUT2D eigenvalue weighted by Gasteiger charge is 2.33. The van der Waals surface area contributed by atoms with Crippen molar-refractivity contribution in [3.8, 4) is 6.07 Å². The van der Waals surface area contributed by atoms with Gasteiger partial charge in [-0.25, -0.2) is 4.98 Å². The van der Waals surface area contributed by atoms with E-state index in [1.165, 1.54) is 0 Å². The first-order valence-electron chi connectivity index (χ1n) is 6.94. The molecular formula is C16H13ClF3N3O. The molecule has 0 amide bonds. The van der Waals surface area contributed by atoms with Crippen LogP contribution in [0.3, 0.4) is 0 Å². The number of rotatable bonds is 6. The van der Waals surface area contributed by atoms with Crippen LogP contribution in [0.25, 0.3) is 0 Å². The van der Waals surface area contributed by atoms with Crippen molar-refractivity contribution in [2.24, 2.45) is 0 Å². The molecule has 0 unspecified atom stereocenters. The summed E-state index contributed by atoms with van der Waals surface area (Å²) in [5, 5.41) is 12.3. The molecule has 0 radical (unpaired) electrons. The molecule has 0 aliphatic heterocycles. The molecule has 0 bridgehead atoms. The van der Waals surface area contributed by atoms with Crippen LogP contribution in [0.1, 0.15) is 16.8 Å². The molecule has 4 nitrogen and oxygen atoms in total. The van der Waals surface area contributed by atoms with Gasteiger partial charge in [0, 0.05) is 11.6 Å². The van der Waals surface area contributed by atoms with E-state index < -0.39 is 11.9 Å². The van der Waals surface area contributed by atoms with Crippen molar-refractivity contribution in [3.05, 3.63) is 58.2 Å². The van der Waals surface area contributed by atoms with Gasteiger partial charge in [0.25, 0.3) is 0 Å². The second kappa shape index (κ2) is 7.99. The number of hydrogen-bond donors (Lipinski definition) is 1. The van der Waals surface area contributed by atoms with Crippen LogP contribution in [-0.4, -0.2) is 18.1 Å². The molecule has 0 saturated carbocycles. The number of hydrogen-bond acceptors (Lipinski definition) is 4. The van der Waals surface area contributed by atoms with E-state index in [1.807, 2.05) is 12.1 Å². The quantitative estimate of drug-likeness (QED) is 0.787. The predicted molar refractivity (Wildman–Crippen MR) is 83.6 cm³/mol. The molecule has 0 spiro atoms. The second-order valence-electron chi connectivity index (χ2n) is 4.81. The van der Waals surface area contributed by atoms with Crippen LogP contribution in [0.4, 0.5) is 19.0 Å². The molecule has 1 heterocycles. The highest BCUT2D eigenvalue weighted by molar-refractivity contribution is 6.30. The van der Waals surface area contributed by atoms with Gasteiger partial charge in [0.15, 0.2) is 0 Å². The minimum Gasteiger partial charge on any atom is -0.375 e. The number of halogens is 4. The molecule has 0 fully saturated rings. The van der Waals surface area contributed by atoms with Crippen LogP contribution in [0.5, 0.6) is 0 Å². The average molecular weight is 356 g/mol. The summed E-state index contributed by atoms with van der Waals surface area (Å²) in [4.78, 5) is 3.45. The maximum absolute atomic E-state index is 12.7. The van der Waals surface area contributed by atoms with E-state index >= 15 is 0 Å². The van der Waals surface area contributed by atoms with Crippen LogP contribution in [0.2, 0.25) is 5.02 Å². The standard InChI is InChI=1S/C16H13ClF3N3O/c17-13-4-1-11(2-5-13)10-24-8-7-22-15-12(9-21)3-6-14(23-15)16(18,19)20/h1-6H,7-8,10H2,(H,22,23). The first-order valence-corrected chi connectivity index (χ1v) is 7.32. The van der Waals surface area contributed by atoms with Crippen LogP contribution < -0.4 is 5.32 Å². The lowest BCUT2D eigenvalue weighted by atomic mass is 10.2. The fourth-order valence-electron chi connectivity index (χ4n) is 1.85. The van der Waals surface area contributed by atoms with Crippen LogP contribution >= 0.6 is 11.6 Å². The molecule has 0 aliphatic carbocycles. The number of ether oxygens (including phenoxy) is 1. The Kier molecular flexibility index (Phi) is 6.01. The van der Waals surface area contributed by atoms with Crippen molar-refractivity contribution in [2.45, 2.75) is 12.8 Å². The number of nitriles is 1. The fourth-order valence-corrected chi connectivity index (χ4v) is 1.98. The maximum Gasteiger partial charge on any atom is 0.433 e. The minimum absolute atomic E-state index is 0.0423. The molecule has 1 aromatic heterocycles. The Morgan fingerprint density at radius 2 is 1.88 bits per heavy atom. The Balaban J connectivity index is 1.87. The first kappa shape index (κ1) is 18.0. The van der Waals surface area contributed by atoms with Gasteiger partial charge in [-0.15, -0.1) is 0 Å². The summed E-state index contributed by atoms with van der Waals surface area (Å²) in [6, 6.07) is 10.8. The number of aromatic nitrogens is 1. The van der Waals surface area contributed by atoms with Gasteiger partial charge in [0.1, 0.15) is 17.6 Å². The molecule has 8 heteroatoms. The summed E-state index contributed by atoms with van der Waals surface area (Å²) < 4.78 is 43.4. The van der Waals surface area contributed by atoms with Gasteiger partial charge in [-0.05, 0) is 29.8 Å². The Morgan fingerprint density at radius 3 is 2.50 bits per heavy atom.